The SMILES string of the molecule is CCCC[P+](CCCC)(CCCC)CCCC.NC(Cc1cnc[nH]1)C(=O)O. The summed E-state index contributed by atoms with van der Waals surface area (Å²) in [7, 11) is -0.562. The summed E-state index contributed by atoms with van der Waals surface area (Å²) in [6.07, 6.45) is 21.3. The number of aromatic amines is 1. The van der Waals surface area contributed by atoms with Gasteiger partial charge in [0.2, 0.25) is 0 Å². The number of carboxylic acid groups (broad SMARTS) is 1. The number of H-pyrrole nitrogens is 1. The monoisotopic (exact) mass is 414 g/mol. The number of nitrogens with zero attached hydrogens (tertiary/aromatic N) is 1. The molecule has 1 unspecified atom stereocenters. The molecule has 28 heavy (non-hydrogen) atoms. The van der Waals surface area contributed by atoms with Crippen LogP contribution in [0.2, 0.25) is 0 Å². The molecule has 1 heterocycles. The van der Waals surface area contributed by atoms with Gasteiger partial charge in [0, 0.05) is 25.6 Å². The summed E-state index contributed by atoms with van der Waals surface area (Å²) in [5.41, 5.74) is 6.00. The number of nitrogens with two attached hydrogens (primary N) is 1. The maximum absolute atomic E-state index is 10.3. The number of carbonyl (C=O) groups is 1. The Balaban J connectivity index is 0.000000567. The largest absolute Gasteiger partial charge is 0.480 e. The van der Waals surface area contributed by atoms with Crippen molar-refractivity contribution in [1.82, 2.24) is 9.97 Å². The lowest BCUT2D eigenvalue weighted by molar-refractivity contribution is -0.138. The van der Waals surface area contributed by atoms with Gasteiger partial charge >= 0.3 is 5.97 Å². The van der Waals surface area contributed by atoms with Crippen LogP contribution in [0.1, 0.15) is 84.8 Å². The molecule has 0 fully saturated rings. The number of aromatic nitrogens is 2. The Morgan fingerprint density at radius 3 is 1.71 bits per heavy atom. The highest BCUT2D eigenvalue weighted by atomic mass is 31.2. The predicted octanol–water partition coefficient (Wildman–Crippen LogP) is 5.57. The van der Waals surface area contributed by atoms with Crippen molar-refractivity contribution in [2.45, 2.75) is 91.5 Å². The van der Waals surface area contributed by atoms with Crippen molar-refractivity contribution in [2.75, 3.05) is 24.6 Å². The van der Waals surface area contributed by atoms with Gasteiger partial charge in [0.15, 0.2) is 0 Å². The summed E-state index contributed by atoms with van der Waals surface area (Å²) in [4.78, 5) is 16.8. The Morgan fingerprint density at radius 2 is 1.43 bits per heavy atom. The first-order valence-corrected chi connectivity index (χ1v) is 13.8. The second-order valence-electron chi connectivity index (χ2n) is 7.88. The predicted molar refractivity (Wildman–Crippen MR) is 124 cm³/mol. The van der Waals surface area contributed by atoms with Crippen LogP contribution in [-0.4, -0.2) is 51.7 Å². The molecule has 0 radical (unpaired) electrons. The van der Waals surface area contributed by atoms with E-state index in [1.807, 2.05) is 0 Å². The van der Waals surface area contributed by atoms with Gasteiger partial charge in [0.25, 0.3) is 0 Å². The van der Waals surface area contributed by atoms with E-state index in [-0.39, 0.29) is 6.42 Å². The normalized spacial score (nSPS) is 12.3. The first-order chi connectivity index (χ1) is 13.4. The summed E-state index contributed by atoms with van der Waals surface area (Å²) < 4.78 is 0. The van der Waals surface area contributed by atoms with Crippen LogP contribution in [0.3, 0.4) is 0 Å². The number of hydrogen-bond acceptors (Lipinski definition) is 3. The van der Waals surface area contributed by atoms with E-state index in [1.165, 1.54) is 57.7 Å². The van der Waals surface area contributed by atoms with Gasteiger partial charge in [-0.25, -0.2) is 4.98 Å². The zero-order valence-corrected chi connectivity index (χ0v) is 19.6. The third kappa shape index (κ3) is 12.5. The number of carboxylic acids is 1. The van der Waals surface area contributed by atoms with Crippen molar-refractivity contribution in [3.63, 3.8) is 0 Å². The maximum Gasteiger partial charge on any atom is 0.320 e. The first kappa shape index (κ1) is 27.1. The van der Waals surface area contributed by atoms with Crippen molar-refractivity contribution >= 4 is 13.2 Å². The van der Waals surface area contributed by atoms with Crippen molar-refractivity contribution in [3.8, 4) is 0 Å². The highest BCUT2D eigenvalue weighted by molar-refractivity contribution is 7.75. The Kier molecular flexibility index (Phi) is 16.4. The van der Waals surface area contributed by atoms with Crippen LogP contribution in [0.15, 0.2) is 12.5 Å². The van der Waals surface area contributed by atoms with Gasteiger partial charge in [-0.15, -0.1) is 0 Å². The van der Waals surface area contributed by atoms with Crippen LogP contribution in [0.25, 0.3) is 0 Å². The average molecular weight is 415 g/mol. The lowest BCUT2D eigenvalue weighted by Crippen LogP contribution is -2.32. The van der Waals surface area contributed by atoms with Gasteiger partial charge in [-0.05, 0) is 25.7 Å². The van der Waals surface area contributed by atoms with E-state index in [1.54, 1.807) is 30.8 Å². The molecule has 1 rings (SSSR count). The molecule has 0 aromatic carbocycles. The van der Waals surface area contributed by atoms with E-state index in [9.17, 15) is 4.79 Å². The molecule has 1 aromatic heterocycles. The molecule has 0 spiro atoms. The zero-order chi connectivity index (χ0) is 21.3. The molecule has 164 valence electrons. The van der Waals surface area contributed by atoms with Crippen molar-refractivity contribution < 1.29 is 9.90 Å². The van der Waals surface area contributed by atoms with Gasteiger partial charge in [0.05, 0.1) is 31.0 Å². The molecule has 5 nitrogen and oxygen atoms in total. The zero-order valence-electron chi connectivity index (χ0n) is 18.8. The van der Waals surface area contributed by atoms with E-state index < -0.39 is 19.3 Å². The number of unbranched alkanes of at least 4 members (excludes halogenated alkanes) is 4. The smallest absolute Gasteiger partial charge is 0.320 e. The first-order valence-electron chi connectivity index (χ1n) is 11.2. The topological polar surface area (TPSA) is 92.0 Å². The Hall–Kier alpha value is -0.930. The third-order valence-electron chi connectivity index (χ3n) is 5.26. The quantitative estimate of drug-likeness (QED) is 0.327. The molecule has 1 atom stereocenters. The molecule has 0 aliphatic carbocycles. The number of imidazole rings is 1. The van der Waals surface area contributed by atoms with Crippen LogP contribution >= 0.6 is 7.26 Å². The molecule has 6 heteroatoms. The molecule has 4 N–H and O–H groups in total. The highest BCUT2D eigenvalue weighted by Crippen LogP contribution is 2.61. The number of aliphatic carboxylic acids is 1. The standard InChI is InChI=1S/C16H36P.C6H9N3O2/c1-5-9-13-17(14-10-6-2,15-11-7-3)16-12-8-4;7-5(6(10)11)1-4-2-8-3-9-4/h5-16H2,1-4H3;2-3,5H,1,7H2,(H,8,9)(H,10,11)/q+1;. The summed E-state index contributed by atoms with van der Waals surface area (Å²) in [5, 5.41) is 8.42. The van der Waals surface area contributed by atoms with Gasteiger partial charge < -0.3 is 15.8 Å². The number of hydrogen-bond donors (Lipinski definition) is 3. The fourth-order valence-electron chi connectivity index (χ4n) is 3.37. The average Bonchev–Trinajstić information content (AvgIpc) is 3.20. The van der Waals surface area contributed by atoms with Crippen molar-refractivity contribution in [2.24, 2.45) is 5.73 Å². The lowest BCUT2D eigenvalue weighted by Gasteiger charge is -2.28. The Bertz CT molecular complexity index is 443. The van der Waals surface area contributed by atoms with E-state index in [0.29, 0.717) is 0 Å². The van der Waals surface area contributed by atoms with E-state index in [0.717, 1.165) is 5.69 Å². The number of nitrogens with one attached hydrogen (secondary N) is 1. The molecule has 0 saturated heterocycles. The molecule has 1 aromatic rings. The molecular weight excluding hydrogens is 369 g/mol. The molecule has 0 amide bonds. The fraction of sp³-hybridized carbons (Fsp3) is 0.818. The summed E-state index contributed by atoms with van der Waals surface area (Å²) >= 11 is 0. The lowest BCUT2D eigenvalue weighted by atomic mass is 10.2. The molecule has 0 aliphatic heterocycles. The van der Waals surface area contributed by atoms with E-state index in [4.69, 9.17) is 10.8 Å². The second-order valence-corrected chi connectivity index (χ2v) is 12.3. The van der Waals surface area contributed by atoms with Gasteiger partial charge in [-0.3, -0.25) is 4.79 Å². The molecule has 0 bridgehead atoms. The summed E-state index contributed by atoms with van der Waals surface area (Å²) in [6, 6.07) is -0.851. The van der Waals surface area contributed by atoms with E-state index in [2.05, 4.69) is 37.7 Å². The highest BCUT2D eigenvalue weighted by Gasteiger charge is 2.34. The maximum atomic E-state index is 10.3. The Labute approximate surface area is 173 Å². The van der Waals surface area contributed by atoms with Crippen LogP contribution < -0.4 is 5.73 Å². The van der Waals surface area contributed by atoms with Crippen LogP contribution in [0.4, 0.5) is 0 Å². The number of rotatable bonds is 15. The minimum atomic E-state index is -1.00. The minimum absolute atomic E-state index is 0.287. The van der Waals surface area contributed by atoms with Crippen molar-refractivity contribution in [3.05, 3.63) is 18.2 Å². The van der Waals surface area contributed by atoms with Gasteiger partial charge in [-0.1, -0.05) is 53.4 Å². The Morgan fingerprint density at radius 1 is 1.00 bits per heavy atom. The molecule has 0 saturated carbocycles. The third-order valence-corrected chi connectivity index (χ3v) is 10.3. The van der Waals surface area contributed by atoms with Crippen LogP contribution in [0, 0.1) is 0 Å². The van der Waals surface area contributed by atoms with Crippen LogP contribution in [-0.2, 0) is 11.2 Å². The second kappa shape index (κ2) is 17.0. The summed E-state index contributed by atoms with van der Waals surface area (Å²) in [5.74, 6) is -1.00. The minimum Gasteiger partial charge on any atom is -0.480 e. The molecule has 0 aliphatic rings. The molecular formula is C22H45N3O2P+. The van der Waals surface area contributed by atoms with Gasteiger partial charge in [-0.2, -0.15) is 0 Å². The summed E-state index contributed by atoms with van der Waals surface area (Å²) in [6.45, 7) is 9.42. The fourth-order valence-corrected chi connectivity index (χ4v) is 8.66. The van der Waals surface area contributed by atoms with E-state index >= 15 is 0 Å². The van der Waals surface area contributed by atoms with Gasteiger partial charge in [0.1, 0.15) is 6.04 Å². The van der Waals surface area contributed by atoms with Crippen molar-refractivity contribution in [1.29, 1.82) is 0 Å². The van der Waals surface area contributed by atoms with Crippen LogP contribution in [0.5, 0.6) is 0 Å².